The maximum Gasteiger partial charge on any atom is 0.243 e. The second-order valence-corrected chi connectivity index (χ2v) is 8.97. The zero-order valence-electron chi connectivity index (χ0n) is 18.0. The molecule has 30 heavy (non-hydrogen) atoms. The quantitative estimate of drug-likeness (QED) is 0.592. The van der Waals surface area contributed by atoms with E-state index in [0.717, 1.165) is 17.7 Å². The molecule has 1 aliphatic rings. The second-order valence-electron chi connectivity index (χ2n) is 7.97. The van der Waals surface area contributed by atoms with E-state index in [1.807, 2.05) is 43.0 Å². The molecule has 0 N–H and O–H groups in total. The molecule has 0 saturated carbocycles. The Morgan fingerprint density at radius 1 is 1.30 bits per heavy atom. The van der Waals surface area contributed by atoms with Gasteiger partial charge in [-0.25, -0.2) is 0 Å². The number of benzene rings is 1. The molecule has 2 aromatic rings. The first kappa shape index (κ1) is 22.1. The summed E-state index contributed by atoms with van der Waals surface area (Å²) in [5, 5.41) is 2.09. The number of hydrogen-bond acceptors (Lipinski definition) is 4. The highest BCUT2D eigenvalue weighted by atomic mass is 32.1. The molecule has 3 rings (SSSR count). The van der Waals surface area contributed by atoms with Crippen LogP contribution in [0, 0.1) is 5.92 Å². The Kier molecular flexibility index (Phi) is 7.32. The van der Waals surface area contributed by atoms with E-state index in [1.165, 1.54) is 10.4 Å². The summed E-state index contributed by atoms with van der Waals surface area (Å²) < 4.78 is 5.29. The lowest BCUT2D eigenvalue weighted by molar-refractivity contribution is -0.141. The summed E-state index contributed by atoms with van der Waals surface area (Å²) in [6, 6.07) is 9.84. The fourth-order valence-electron chi connectivity index (χ4n) is 3.87. The third-order valence-electron chi connectivity index (χ3n) is 5.33. The van der Waals surface area contributed by atoms with Gasteiger partial charge in [-0.3, -0.25) is 9.59 Å². The molecule has 0 fully saturated rings. The molecule has 0 bridgehead atoms. The van der Waals surface area contributed by atoms with E-state index in [4.69, 9.17) is 4.74 Å². The minimum absolute atomic E-state index is 0.00696. The highest BCUT2D eigenvalue weighted by molar-refractivity contribution is 7.10. The summed E-state index contributed by atoms with van der Waals surface area (Å²) in [4.78, 5) is 30.9. The Morgan fingerprint density at radius 3 is 2.67 bits per heavy atom. The van der Waals surface area contributed by atoms with Gasteiger partial charge in [-0.1, -0.05) is 32.1 Å². The van der Waals surface area contributed by atoms with E-state index in [-0.39, 0.29) is 30.3 Å². The van der Waals surface area contributed by atoms with Gasteiger partial charge in [0.15, 0.2) is 0 Å². The van der Waals surface area contributed by atoms with Gasteiger partial charge in [-0.2, -0.15) is 0 Å². The molecular weight excluding hydrogens is 396 g/mol. The largest absolute Gasteiger partial charge is 0.497 e. The lowest BCUT2D eigenvalue weighted by atomic mass is 9.93. The minimum atomic E-state index is -0.149. The average molecular weight is 427 g/mol. The van der Waals surface area contributed by atoms with Crippen molar-refractivity contribution in [2.24, 2.45) is 5.92 Å². The first-order chi connectivity index (χ1) is 14.4. The van der Waals surface area contributed by atoms with Crippen LogP contribution in [0.1, 0.15) is 42.3 Å². The van der Waals surface area contributed by atoms with Gasteiger partial charge in [0.05, 0.1) is 13.2 Å². The van der Waals surface area contributed by atoms with Crippen molar-refractivity contribution in [1.82, 2.24) is 9.80 Å². The summed E-state index contributed by atoms with van der Waals surface area (Å²) >= 11 is 1.74. The molecule has 0 radical (unpaired) electrons. The van der Waals surface area contributed by atoms with Gasteiger partial charge in [0.1, 0.15) is 12.3 Å². The Hall–Kier alpha value is -2.60. The van der Waals surface area contributed by atoms with E-state index >= 15 is 0 Å². The monoisotopic (exact) mass is 426 g/mol. The molecule has 0 saturated heterocycles. The van der Waals surface area contributed by atoms with Gasteiger partial charge < -0.3 is 14.5 Å². The van der Waals surface area contributed by atoms with Crippen LogP contribution in [0.4, 0.5) is 0 Å². The molecule has 0 spiro atoms. The third-order valence-corrected chi connectivity index (χ3v) is 6.33. The molecule has 1 atom stereocenters. The number of methoxy groups -OCH3 is 1. The summed E-state index contributed by atoms with van der Waals surface area (Å²) in [5.41, 5.74) is 2.22. The predicted molar refractivity (Wildman–Crippen MR) is 121 cm³/mol. The van der Waals surface area contributed by atoms with E-state index in [9.17, 15) is 9.59 Å². The minimum Gasteiger partial charge on any atom is -0.497 e. The van der Waals surface area contributed by atoms with Crippen LogP contribution in [0.3, 0.4) is 0 Å². The summed E-state index contributed by atoms with van der Waals surface area (Å²) in [6.07, 6.45) is 2.95. The normalized spacial score (nSPS) is 15.6. The molecular formula is C24H30N2O3S. The Labute approximate surface area is 182 Å². The van der Waals surface area contributed by atoms with Gasteiger partial charge >= 0.3 is 0 Å². The maximum atomic E-state index is 13.4. The lowest BCUT2D eigenvalue weighted by Gasteiger charge is -2.37. The topological polar surface area (TPSA) is 49.9 Å². The summed E-state index contributed by atoms with van der Waals surface area (Å²) in [6.45, 7) is 8.86. The maximum absolute atomic E-state index is 13.4. The van der Waals surface area contributed by atoms with Crippen molar-refractivity contribution in [3.05, 3.63) is 64.4 Å². The smallest absolute Gasteiger partial charge is 0.243 e. The van der Waals surface area contributed by atoms with Crippen molar-refractivity contribution in [2.45, 2.75) is 32.7 Å². The number of nitrogens with zero attached hydrogens (tertiary/aromatic N) is 2. The zero-order chi connectivity index (χ0) is 21.7. The summed E-state index contributed by atoms with van der Waals surface area (Å²) in [7, 11) is 1.64. The average Bonchev–Trinajstić information content (AvgIpc) is 3.21. The SMILES string of the molecule is C=CCN(CC(=O)N1CCc2sccc2[C@@H]1c1ccc(OC)cc1)C(=O)CC(C)C. The van der Waals surface area contributed by atoms with Crippen molar-refractivity contribution in [3.63, 3.8) is 0 Å². The fraction of sp³-hybridized carbons (Fsp3) is 0.417. The number of ether oxygens (including phenoxy) is 1. The van der Waals surface area contributed by atoms with E-state index in [1.54, 1.807) is 29.4 Å². The van der Waals surface area contributed by atoms with Crippen LogP contribution < -0.4 is 4.74 Å². The molecule has 1 aliphatic heterocycles. The standard InChI is InChI=1S/C24H30N2O3S/c1-5-12-25(22(27)15-17(2)3)16-23(28)26-13-10-21-20(11-14-30-21)24(26)18-6-8-19(29-4)9-7-18/h5-9,11,14,17,24H,1,10,12-13,15-16H2,2-4H3/t24-/m0/s1. The highest BCUT2D eigenvalue weighted by Crippen LogP contribution is 2.38. The Bertz CT molecular complexity index is 888. The number of thiophene rings is 1. The fourth-order valence-corrected chi connectivity index (χ4v) is 4.78. The van der Waals surface area contributed by atoms with Crippen LogP contribution in [-0.2, 0) is 16.0 Å². The van der Waals surface area contributed by atoms with Crippen molar-refractivity contribution in [2.75, 3.05) is 26.7 Å². The zero-order valence-corrected chi connectivity index (χ0v) is 18.8. The van der Waals surface area contributed by atoms with Gasteiger partial charge in [-0.15, -0.1) is 17.9 Å². The van der Waals surface area contributed by atoms with Crippen molar-refractivity contribution in [3.8, 4) is 5.75 Å². The molecule has 6 heteroatoms. The van der Waals surface area contributed by atoms with Gasteiger partial charge in [0.2, 0.25) is 11.8 Å². The van der Waals surface area contributed by atoms with Gasteiger partial charge in [-0.05, 0) is 47.0 Å². The summed E-state index contributed by atoms with van der Waals surface area (Å²) in [5.74, 6) is 0.990. The van der Waals surface area contributed by atoms with Crippen LogP contribution in [-0.4, -0.2) is 48.4 Å². The van der Waals surface area contributed by atoms with Crippen LogP contribution in [0.25, 0.3) is 0 Å². The molecule has 1 aromatic heterocycles. The Balaban J connectivity index is 1.86. The Morgan fingerprint density at radius 2 is 2.03 bits per heavy atom. The molecule has 2 heterocycles. The third kappa shape index (κ3) is 4.93. The van der Waals surface area contributed by atoms with Gasteiger partial charge in [0.25, 0.3) is 0 Å². The molecule has 0 aliphatic carbocycles. The first-order valence-corrected chi connectivity index (χ1v) is 11.2. The van der Waals surface area contributed by atoms with Crippen molar-refractivity contribution in [1.29, 1.82) is 0 Å². The van der Waals surface area contributed by atoms with Crippen LogP contribution in [0.15, 0.2) is 48.4 Å². The number of rotatable bonds is 8. The second kappa shape index (κ2) is 9.94. The first-order valence-electron chi connectivity index (χ1n) is 10.3. The number of carbonyl (C=O) groups excluding carboxylic acids is 2. The number of carbonyl (C=O) groups is 2. The number of fused-ring (bicyclic) bond motifs is 1. The van der Waals surface area contributed by atoms with Gasteiger partial charge in [0, 0.05) is 24.4 Å². The van der Waals surface area contributed by atoms with E-state index < -0.39 is 0 Å². The lowest BCUT2D eigenvalue weighted by Crippen LogP contribution is -2.47. The van der Waals surface area contributed by atoms with E-state index in [0.29, 0.717) is 19.5 Å². The van der Waals surface area contributed by atoms with Crippen LogP contribution in [0.2, 0.25) is 0 Å². The molecule has 1 aromatic carbocycles. The number of amides is 2. The predicted octanol–water partition coefficient (Wildman–Crippen LogP) is 4.29. The van der Waals surface area contributed by atoms with Crippen molar-refractivity contribution < 1.29 is 14.3 Å². The van der Waals surface area contributed by atoms with Crippen LogP contribution >= 0.6 is 11.3 Å². The number of hydrogen-bond donors (Lipinski definition) is 0. The van der Waals surface area contributed by atoms with Crippen LogP contribution in [0.5, 0.6) is 5.75 Å². The van der Waals surface area contributed by atoms with Crippen molar-refractivity contribution >= 4 is 23.2 Å². The molecule has 2 amide bonds. The molecule has 160 valence electrons. The molecule has 5 nitrogen and oxygen atoms in total. The highest BCUT2D eigenvalue weighted by Gasteiger charge is 2.33. The molecule has 0 unspecified atom stereocenters. The van der Waals surface area contributed by atoms with E-state index in [2.05, 4.69) is 18.0 Å².